The molecule has 1 N–H and O–H groups in total. The molecule has 0 spiro atoms. The molecule has 0 aromatic carbocycles. The van der Waals surface area contributed by atoms with Crippen LogP contribution >= 0.6 is 12.6 Å². The molecule has 3 nitrogen and oxygen atoms in total. The molecule has 0 bridgehead atoms. The van der Waals surface area contributed by atoms with E-state index in [0.717, 1.165) is 0 Å². The topological polar surface area (TPSA) is 46.2 Å². The summed E-state index contributed by atoms with van der Waals surface area (Å²) in [7, 11) is 0. The van der Waals surface area contributed by atoms with Gasteiger partial charge >= 0.3 is 0 Å². The average molecular weight is 147 g/mol. The van der Waals surface area contributed by atoms with Crippen LogP contribution in [0.4, 0.5) is 0 Å². The molecule has 9 heavy (non-hydrogen) atoms. The molecule has 0 unspecified atom stereocenters. The number of thiol groups is 1. The fraction of sp³-hybridized carbons (Fsp3) is 0.600. The third-order valence-corrected chi connectivity index (χ3v) is 1.02. The van der Waals surface area contributed by atoms with Gasteiger partial charge in [0.05, 0.1) is 5.25 Å². The van der Waals surface area contributed by atoms with Gasteiger partial charge in [-0.25, -0.2) is 0 Å². The van der Waals surface area contributed by atoms with Crippen LogP contribution in [0.5, 0.6) is 0 Å². The molecule has 0 heterocycles. The lowest BCUT2D eigenvalue weighted by Gasteiger charge is -2.01. The zero-order valence-corrected chi connectivity index (χ0v) is 6.02. The highest BCUT2D eigenvalue weighted by molar-refractivity contribution is 7.81. The van der Waals surface area contributed by atoms with Crippen molar-refractivity contribution in [2.45, 2.75) is 12.2 Å². The number of nitrogens with one attached hydrogen (secondary N) is 1. The van der Waals surface area contributed by atoms with E-state index in [9.17, 15) is 9.59 Å². The van der Waals surface area contributed by atoms with E-state index < -0.39 is 0 Å². The first kappa shape index (κ1) is 8.49. The van der Waals surface area contributed by atoms with Crippen LogP contribution < -0.4 is 5.32 Å². The average Bonchev–Trinajstić information content (AvgIpc) is 1.83. The number of carbonyl (C=O) groups is 2. The van der Waals surface area contributed by atoms with Crippen molar-refractivity contribution in [2.75, 3.05) is 6.54 Å². The molecule has 4 heteroatoms. The smallest absolute Gasteiger partial charge is 0.216 e. The molecule has 0 rings (SSSR count). The van der Waals surface area contributed by atoms with E-state index >= 15 is 0 Å². The Balaban J connectivity index is 3.26. The van der Waals surface area contributed by atoms with Gasteiger partial charge in [0.1, 0.15) is 6.29 Å². The summed E-state index contributed by atoms with van der Waals surface area (Å²) in [4.78, 5) is 20.1. The number of hydrogen-bond acceptors (Lipinski definition) is 3. The summed E-state index contributed by atoms with van der Waals surface area (Å²) < 4.78 is 0. The van der Waals surface area contributed by atoms with Gasteiger partial charge in [-0.05, 0) is 0 Å². The van der Waals surface area contributed by atoms with Gasteiger partial charge in [0.25, 0.3) is 0 Å². The molecule has 0 fully saturated rings. The zero-order valence-electron chi connectivity index (χ0n) is 5.13. The fourth-order valence-electron chi connectivity index (χ4n) is 0.296. The van der Waals surface area contributed by atoms with E-state index in [4.69, 9.17) is 0 Å². The SMILES string of the molecule is CC(=O)NC[C@H](S)C=O. The van der Waals surface area contributed by atoms with E-state index in [1.807, 2.05) is 0 Å². The zero-order chi connectivity index (χ0) is 7.28. The van der Waals surface area contributed by atoms with Gasteiger partial charge < -0.3 is 10.1 Å². The maximum absolute atomic E-state index is 10.2. The molecule has 0 aromatic rings. The van der Waals surface area contributed by atoms with Gasteiger partial charge in [0.2, 0.25) is 5.91 Å². The second kappa shape index (κ2) is 4.38. The molecular weight excluding hydrogens is 138 g/mol. The van der Waals surface area contributed by atoms with Crippen molar-refractivity contribution in [3.8, 4) is 0 Å². The number of carbonyl (C=O) groups excluding carboxylic acids is 2. The Morgan fingerprint density at radius 2 is 2.44 bits per heavy atom. The fourth-order valence-corrected chi connectivity index (χ4v) is 0.388. The standard InChI is InChI=1S/C5H9NO2S/c1-4(8)6-2-5(9)3-7/h3,5,9H,2H2,1H3,(H,6,8)/t5-/m0/s1. The van der Waals surface area contributed by atoms with E-state index in [0.29, 0.717) is 12.8 Å². The van der Waals surface area contributed by atoms with E-state index in [-0.39, 0.29) is 11.2 Å². The van der Waals surface area contributed by atoms with E-state index in [2.05, 4.69) is 17.9 Å². The molecule has 52 valence electrons. The summed E-state index contributed by atoms with van der Waals surface area (Å²) in [5.74, 6) is -0.143. The van der Waals surface area contributed by atoms with Crippen LogP contribution in [0.1, 0.15) is 6.92 Å². The highest BCUT2D eigenvalue weighted by atomic mass is 32.1. The van der Waals surface area contributed by atoms with Gasteiger partial charge in [-0.15, -0.1) is 0 Å². The van der Waals surface area contributed by atoms with Gasteiger partial charge in [-0.1, -0.05) is 0 Å². The van der Waals surface area contributed by atoms with Crippen LogP contribution in [0.2, 0.25) is 0 Å². The molecule has 0 radical (unpaired) electrons. The van der Waals surface area contributed by atoms with E-state index in [1.54, 1.807) is 0 Å². The molecule has 0 saturated carbocycles. The summed E-state index contributed by atoms with van der Waals surface area (Å²) in [5, 5.41) is 2.07. The van der Waals surface area contributed by atoms with Crippen molar-refractivity contribution in [3.05, 3.63) is 0 Å². The van der Waals surface area contributed by atoms with Crippen LogP contribution in [0, 0.1) is 0 Å². The highest BCUT2D eigenvalue weighted by Crippen LogP contribution is 1.85. The van der Waals surface area contributed by atoms with E-state index in [1.165, 1.54) is 6.92 Å². The van der Waals surface area contributed by atoms with Crippen LogP contribution in [-0.2, 0) is 9.59 Å². The third kappa shape index (κ3) is 5.36. The maximum atomic E-state index is 10.2. The van der Waals surface area contributed by atoms with Crippen LogP contribution in [0.15, 0.2) is 0 Å². The summed E-state index contributed by atoms with van der Waals surface area (Å²) in [6, 6.07) is 0. The van der Waals surface area contributed by atoms with Gasteiger partial charge in [0, 0.05) is 13.5 Å². The normalized spacial score (nSPS) is 12.2. The molecule has 0 aliphatic carbocycles. The Labute approximate surface area is 59.2 Å². The number of aldehydes is 1. The lowest BCUT2D eigenvalue weighted by molar-refractivity contribution is -0.118. The summed E-state index contributed by atoms with van der Waals surface area (Å²) in [5.41, 5.74) is 0. The minimum atomic E-state index is -0.381. The largest absolute Gasteiger partial charge is 0.355 e. The quantitative estimate of drug-likeness (QED) is 0.422. The van der Waals surface area contributed by atoms with Gasteiger partial charge in [-0.3, -0.25) is 4.79 Å². The molecule has 1 atom stereocenters. The third-order valence-electron chi connectivity index (χ3n) is 0.717. The predicted molar refractivity (Wildman–Crippen MR) is 37.5 cm³/mol. The van der Waals surface area contributed by atoms with Crippen LogP contribution in [0.25, 0.3) is 0 Å². The molecule has 0 aliphatic rings. The van der Waals surface area contributed by atoms with Crippen molar-refractivity contribution in [3.63, 3.8) is 0 Å². The minimum Gasteiger partial charge on any atom is -0.355 e. The Morgan fingerprint density at radius 1 is 1.89 bits per heavy atom. The monoisotopic (exact) mass is 147 g/mol. The van der Waals surface area contributed by atoms with Crippen LogP contribution in [-0.4, -0.2) is 24.0 Å². The molecule has 0 aliphatic heterocycles. The second-order valence-electron chi connectivity index (χ2n) is 1.64. The van der Waals surface area contributed by atoms with Gasteiger partial charge in [0.15, 0.2) is 0 Å². The Morgan fingerprint density at radius 3 is 2.78 bits per heavy atom. The Kier molecular flexibility index (Phi) is 4.13. The number of hydrogen-bond donors (Lipinski definition) is 2. The van der Waals surface area contributed by atoms with Crippen molar-refractivity contribution < 1.29 is 9.59 Å². The summed E-state index contributed by atoms with van der Waals surface area (Å²) in [6.07, 6.45) is 0.680. The van der Waals surface area contributed by atoms with Crippen molar-refractivity contribution in [1.29, 1.82) is 0 Å². The Bertz CT molecular complexity index is 116. The van der Waals surface area contributed by atoms with Crippen molar-refractivity contribution >= 4 is 24.8 Å². The Hall–Kier alpha value is -0.510. The predicted octanol–water partition coefficient (Wildman–Crippen LogP) is -0.380. The first-order chi connectivity index (χ1) is 4.16. The lowest BCUT2D eigenvalue weighted by atomic mass is 10.4. The highest BCUT2D eigenvalue weighted by Gasteiger charge is 1.98. The van der Waals surface area contributed by atoms with Crippen LogP contribution in [0.3, 0.4) is 0 Å². The first-order valence-corrected chi connectivity index (χ1v) is 3.06. The van der Waals surface area contributed by atoms with Crippen molar-refractivity contribution in [1.82, 2.24) is 5.32 Å². The molecule has 0 saturated heterocycles. The number of amides is 1. The molecular formula is C5H9NO2S. The molecule has 1 amide bonds. The first-order valence-electron chi connectivity index (χ1n) is 2.54. The van der Waals surface area contributed by atoms with Crippen molar-refractivity contribution in [2.24, 2.45) is 0 Å². The number of rotatable bonds is 3. The summed E-state index contributed by atoms with van der Waals surface area (Å²) >= 11 is 3.82. The lowest BCUT2D eigenvalue weighted by Crippen LogP contribution is -2.28. The van der Waals surface area contributed by atoms with Gasteiger partial charge in [-0.2, -0.15) is 12.6 Å². The summed E-state index contributed by atoms with van der Waals surface area (Å²) in [6.45, 7) is 1.70. The second-order valence-corrected chi connectivity index (χ2v) is 2.30. The minimum absolute atomic E-state index is 0.143. The maximum Gasteiger partial charge on any atom is 0.216 e. The molecule has 0 aromatic heterocycles.